The first-order valence-electron chi connectivity index (χ1n) is 20.4. The summed E-state index contributed by atoms with van der Waals surface area (Å²) in [5.41, 5.74) is 12.0. The van der Waals surface area contributed by atoms with E-state index < -0.39 is 5.51 Å². The fraction of sp³-hybridized carbons (Fsp3) is 0.286. The molecule has 12 heteroatoms. The van der Waals surface area contributed by atoms with E-state index in [0.717, 1.165) is 68.0 Å². The Labute approximate surface area is 379 Å². The number of carbonyl (C=O) groups is 1. The van der Waals surface area contributed by atoms with Crippen molar-refractivity contribution in [2.75, 3.05) is 36.0 Å². The highest BCUT2D eigenvalue weighted by Crippen LogP contribution is 2.41. The number of hydrogen-bond donors (Lipinski definition) is 3. The van der Waals surface area contributed by atoms with Crippen LogP contribution in [0.2, 0.25) is 5.02 Å². The van der Waals surface area contributed by atoms with Crippen LogP contribution in [-0.2, 0) is 6.42 Å². The summed E-state index contributed by atoms with van der Waals surface area (Å²) < 4.78 is 41.0. The number of nitrogens with two attached hydrogens (primary N) is 2. The summed E-state index contributed by atoms with van der Waals surface area (Å²) in [6.07, 6.45) is 11.1. The number of benzene rings is 5. The zero-order chi connectivity index (χ0) is 44.5. The summed E-state index contributed by atoms with van der Waals surface area (Å²) in [7, 11) is 0. The number of carbonyl (C=O) groups excluding carboxylic acids is 1. The SMILES string of the molecule is C=C/C=C\C.CC.NCCCCSc1ccccc1.Nc1ccc(SNC(=O)c2ccc(N3CCC(Cc4ccccc4-c4ccc(Cl)cc4)CC3)cc2)cc1SC(F)(F)F. The van der Waals surface area contributed by atoms with Crippen molar-refractivity contribution in [2.24, 2.45) is 11.7 Å². The molecule has 326 valence electrons. The molecular formula is C49H58ClF3N4OS3. The van der Waals surface area contributed by atoms with Crippen LogP contribution < -0.4 is 21.1 Å². The Morgan fingerprint density at radius 1 is 0.885 bits per heavy atom. The zero-order valence-electron chi connectivity index (χ0n) is 35.2. The quantitative estimate of drug-likeness (QED) is 0.0336. The molecule has 1 amide bonds. The Morgan fingerprint density at radius 3 is 2.15 bits per heavy atom. The highest BCUT2D eigenvalue weighted by atomic mass is 35.5. The van der Waals surface area contributed by atoms with E-state index in [9.17, 15) is 18.0 Å². The monoisotopic (exact) mass is 906 g/mol. The molecule has 0 aliphatic carbocycles. The molecular weight excluding hydrogens is 849 g/mol. The number of thioether (sulfide) groups is 2. The Morgan fingerprint density at radius 2 is 1.54 bits per heavy atom. The lowest BCUT2D eigenvalue weighted by atomic mass is 9.87. The largest absolute Gasteiger partial charge is 0.446 e. The van der Waals surface area contributed by atoms with Crippen LogP contribution in [-0.4, -0.2) is 36.8 Å². The summed E-state index contributed by atoms with van der Waals surface area (Å²) in [6, 6.07) is 38.8. The van der Waals surface area contributed by atoms with Gasteiger partial charge in [0.25, 0.3) is 5.91 Å². The number of nitrogens with one attached hydrogen (secondary N) is 1. The fourth-order valence-corrected chi connectivity index (χ4v) is 8.58. The van der Waals surface area contributed by atoms with Gasteiger partial charge in [0, 0.05) is 49.7 Å². The predicted molar refractivity (Wildman–Crippen MR) is 260 cm³/mol. The second-order valence-electron chi connectivity index (χ2n) is 13.5. The average Bonchev–Trinajstić information content (AvgIpc) is 3.27. The lowest BCUT2D eigenvalue weighted by Gasteiger charge is -2.34. The topological polar surface area (TPSA) is 84.4 Å². The van der Waals surface area contributed by atoms with Gasteiger partial charge in [-0.1, -0.05) is 105 Å². The van der Waals surface area contributed by atoms with Gasteiger partial charge in [-0.05, 0) is 164 Å². The van der Waals surface area contributed by atoms with Gasteiger partial charge >= 0.3 is 5.51 Å². The van der Waals surface area contributed by atoms with Gasteiger partial charge in [0.2, 0.25) is 0 Å². The third kappa shape index (κ3) is 19.1. The number of unbranched alkanes of at least 4 members (excludes halogenated alkanes) is 1. The maximum absolute atomic E-state index is 12.8. The molecule has 5 aromatic rings. The molecule has 0 atom stereocenters. The summed E-state index contributed by atoms with van der Waals surface area (Å²) in [6.45, 7) is 12.1. The van der Waals surface area contributed by atoms with Crippen molar-refractivity contribution in [1.82, 2.24) is 4.72 Å². The van der Waals surface area contributed by atoms with E-state index in [1.807, 2.05) is 75.0 Å². The first-order chi connectivity index (χ1) is 29.5. The smallest absolute Gasteiger partial charge is 0.398 e. The molecule has 1 fully saturated rings. The van der Waals surface area contributed by atoms with Crippen molar-refractivity contribution in [2.45, 2.75) is 73.1 Å². The van der Waals surface area contributed by atoms with Crippen LogP contribution >= 0.6 is 47.1 Å². The number of halogens is 4. The Bertz CT molecular complexity index is 2040. The van der Waals surface area contributed by atoms with E-state index in [1.54, 1.807) is 24.3 Å². The minimum Gasteiger partial charge on any atom is -0.398 e. The number of allylic oxidation sites excluding steroid dienone is 3. The van der Waals surface area contributed by atoms with Crippen molar-refractivity contribution < 1.29 is 18.0 Å². The van der Waals surface area contributed by atoms with E-state index in [-0.39, 0.29) is 28.3 Å². The molecule has 1 aliphatic rings. The summed E-state index contributed by atoms with van der Waals surface area (Å²) >= 11 is 8.67. The molecule has 1 heterocycles. The molecule has 5 nitrogen and oxygen atoms in total. The number of nitrogen functional groups attached to an aromatic ring is 1. The third-order valence-electron chi connectivity index (χ3n) is 9.20. The van der Waals surface area contributed by atoms with Crippen LogP contribution in [0, 0.1) is 5.92 Å². The van der Waals surface area contributed by atoms with E-state index >= 15 is 0 Å². The Kier molecular flexibility index (Phi) is 23.8. The maximum Gasteiger partial charge on any atom is 0.446 e. The number of nitrogens with zero attached hydrogens (tertiary/aromatic N) is 1. The molecule has 0 saturated carbocycles. The van der Waals surface area contributed by atoms with Gasteiger partial charge in [0.15, 0.2) is 0 Å². The number of alkyl halides is 3. The Balaban J connectivity index is 0.000000434. The van der Waals surface area contributed by atoms with Crippen LogP contribution in [0.25, 0.3) is 11.1 Å². The van der Waals surface area contributed by atoms with Crippen molar-refractivity contribution in [3.63, 3.8) is 0 Å². The molecule has 0 aromatic heterocycles. The minimum atomic E-state index is -4.44. The molecule has 1 saturated heterocycles. The van der Waals surface area contributed by atoms with Crippen LogP contribution in [0.5, 0.6) is 0 Å². The standard InChI is InChI=1S/C32H29ClF3N3OS2.C10H15NS.C5H8.C2H6/c33-25-9-5-22(6-10-25)28-4-2-1-3-24(28)19-21-15-17-39(18-16-21)26-11-7-23(8-12-26)31(40)38-42-27-13-14-29(37)30(20-27)41-32(34,35)36;11-8-4-5-9-12-10-6-2-1-3-7-10;1-3-5-4-2;1-2/h1-14,20-21H,15-19,37H2,(H,38,40);1-3,6-7H,4-5,8-9,11H2;3-5H,1H2,2H3;1-2H3/b;;5-4-;. The van der Waals surface area contributed by atoms with Gasteiger partial charge < -0.3 is 16.4 Å². The number of piperidine rings is 1. The Hall–Kier alpha value is -4.26. The molecule has 0 unspecified atom stereocenters. The highest BCUT2D eigenvalue weighted by Gasteiger charge is 2.30. The van der Waals surface area contributed by atoms with Gasteiger partial charge in [-0.15, -0.1) is 11.8 Å². The van der Waals surface area contributed by atoms with E-state index in [0.29, 0.717) is 16.4 Å². The molecule has 6 rings (SSSR count). The van der Waals surface area contributed by atoms with E-state index in [4.69, 9.17) is 23.1 Å². The van der Waals surface area contributed by atoms with Crippen molar-refractivity contribution in [3.05, 3.63) is 162 Å². The predicted octanol–water partition coefficient (Wildman–Crippen LogP) is 14.4. The molecule has 0 radical (unpaired) electrons. The van der Waals surface area contributed by atoms with Crippen LogP contribution in [0.4, 0.5) is 24.5 Å². The highest BCUT2D eigenvalue weighted by molar-refractivity contribution is 8.00. The summed E-state index contributed by atoms with van der Waals surface area (Å²) in [4.78, 5) is 16.7. The molecule has 0 bridgehead atoms. The maximum atomic E-state index is 12.8. The van der Waals surface area contributed by atoms with Gasteiger partial charge in [0.05, 0.1) is 0 Å². The summed E-state index contributed by atoms with van der Waals surface area (Å²) in [5, 5.41) is 0.731. The number of hydrogen-bond acceptors (Lipinski definition) is 7. The van der Waals surface area contributed by atoms with Gasteiger partial charge in [-0.3, -0.25) is 9.52 Å². The van der Waals surface area contributed by atoms with Crippen molar-refractivity contribution >= 4 is 64.4 Å². The van der Waals surface area contributed by atoms with Gasteiger partial charge in [-0.2, -0.15) is 13.2 Å². The lowest BCUT2D eigenvalue weighted by molar-refractivity contribution is -0.0328. The first-order valence-corrected chi connectivity index (χ1v) is 23.4. The third-order valence-corrected chi connectivity index (χ3v) is 12.1. The fourth-order valence-electron chi connectivity index (χ4n) is 6.18. The normalized spacial score (nSPS) is 12.6. The van der Waals surface area contributed by atoms with E-state index in [2.05, 4.69) is 76.9 Å². The van der Waals surface area contributed by atoms with Gasteiger partial charge in [-0.25, -0.2) is 0 Å². The van der Waals surface area contributed by atoms with Crippen LogP contribution in [0.3, 0.4) is 0 Å². The van der Waals surface area contributed by atoms with Crippen molar-refractivity contribution in [1.29, 1.82) is 0 Å². The van der Waals surface area contributed by atoms with Crippen LogP contribution in [0.1, 0.15) is 62.4 Å². The number of amides is 1. The second kappa shape index (κ2) is 28.4. The lowest BCUT2D eigenvalue weighted by Crippen LogP contribution is -2.34. The number of rotatable bonds is 14. The molecule has 61 heavy (non-hydrogen) atoms. The van der Waals surface area contributed by atoms with E-state index in [1.165, 1.54) is 45.9 Å². The summed E-state index contributed by atoms with van der Waals surface area (Å²) in [5.74, 6) is 1.44. The number of anilines is 2. The van der Waals surface area contributed by atoms with Crippen molar-refractivity contribution in [3.8, 4) is 11.1 Å². The van der Waals surface area contributed by atoms with Crippen LogP contribution in [0.15, 0.2) is 161 Å². The zero-order valence-corrected chi connectivity index (χ0v) is 38.4. The second-order valence-corrected chi connectivity index (χ2v) is 17.1. The molecule has 0 spiro atoms. The van der Waals surface area contributed by atoms with Gasteiger partial charge in [0.1, 0.15) is 0 Å². The molecule has 5 aromatic carbocycles. The molecule has 5 N–H and O–H groups in total. The first kappa shape index (κ1) is 51.1. The molecule has 1 aliphatic heterocycles. The minimum absolute atomic E-state index is 0.0374. The average molecular weight is 908 g/mol.